The smallest absolute Gasteiger partial charge is 0.342 e. The second-order valence-corrected chi connectivity index (χ2v) is 6.43. The molecule has 0 amide bonds. The molecule has 2 aromatic heterocycles. The fraction of sp³-hybridized carbons (Fsp3) is 0.238. The highest BCUT2D eigenvalue weighted by Crippen LogP contribution is 2.22. The molecule has 0 aliphatic heterocycles. The lowest BCUT2D eigenvalue weighted by molar-refractivity contribution is 0.0463. The van der Waals surface area contributed by atoms with Gasteiger partial charge in [0.1, 0.15) is 23.7 Å². The van der Waals surface area contributed by atoms with Gasteiger partial charge in [-0.3, -0.25) is 13.9 Å². The summed E-state index contributed by atoms with van der Waals surface area (Å²) in [6, 6.07) is 11.7. The van der Waals surface area contributed by atoms with Crippen molar-refractivity contribution in [3.8, 4) is 5.75 Å². The molecule has 2 heterocycles. The van der Waals surface area contributed by atoms with E-state index in [1.54, 1.807) is 18.3 Å². The van der Waals surface area contributed by atoms with E-state index in [2.05, 4.69) is 10.3 Å². The Morgan fingerprint density at radius 2 is 1.83 bits per heavy atom. The number of hydrogen-bond acceptors (Lipinski definition) is 7. The number of ether oxygens (including phenoxy) is 2. The highest BCUT2D eigenvalue weighted by atomic mass is 16.5. The van der Waals surface area contributed by atoms with Gasteiger partial charge >= 0.3 is 11.7 Å². The number of benzene rings is 1. The fourth-order valence-corrected chi connectivity index (χ4v) is 2.74. The predicted molar refractivity (Wildman–Crippen MR) is 111 cm³/mol. The van der Waals surface area contributed by atoms with Crippen LogP contribution in [0.5, 0.6) is 5.75 Å². The van der Waals surface area contributed by atoms with Crippen LogP contribution < -0.4 is 21.3 Å². The Morgan fingerprint density at radius 1 is 1.10 bits per heavy atom. The molecule has 30 heavy (non-hydrogen) atoms. The van der Waals surface area contributed by atoms with Crippen molar-refractivity contribution < 1.29 is 14.3 Å². The number of rotatable bonds is 7. The number of esters is 1. The first-order chi connectivity index (χ1) is 14.4. The molecule has 1 N–H and O–H groups in total. The van der Waals surface area contributed by atoms with Gasteiger partial charge in [-0.2, -0.15) is 0 Å². The summed E-state index contributed by atoms with van der Waals surface area (Å²) in [7, 11) is 2.89. The Balaban J connectivity index is 1.76. The molecule has 0 unspecified atom stereocenters. The van der Waals surface area contributed by atoms with Crippen LogP contribution in [-0.2, 0) is 25.4 Å². The maximum atomic E-state index is 12.6. The molecular weight excluding hydrogens is 388 g/mol. The Morgan fingerprint density at radius 3 is 2.53 bits per heavy atom. The van der Waals surface area contributed by atoms with Crippen molar-refractivity contribution in [1.82, 2.24) is 14.1 Å². The molecule has 3 aromatic rings. The van der Waals surface area contributed by atoms with Crippen molar-refractivity contribution in [1.29, 1.82) is 0 Å². The zero-order valence-electron chi connectivity index (χ0n) is 16.9. The monoisotopic (exact) mass is 410 g/mol. The lowest BCUT2D eigenvalue weighted by Crippen LogP contribution is -2.38. The quantitative estimate of drug-likeness (QED) is 0.594. The summed E-state index contributed by atoms with van der Waals surface area (Å²) in [4.78, 5) is 40.7. The summed E-state index contributed by atoms with van der Waals surface area (Å²) in [6.45, 7) is 2.25. The van der Waals surface area contributed by atoms with Crippen LogP contribution in [0.25, 0.3) is 0 Å². The molecule has 0 saturated carbocycles. The normalized spacial score (nSPS) is 10.5. The number of carbonyl (C=O) groups excluding carboxylic acids is 1. The lowest BCUT2D eigenvalue weighted by Gasteiger charge is -2.13. The van der Waals surface area contributed by atoms with Crippen molar-refractivity contribution in [2.45, 2.75) is 13.5 Å². The lowest BCUT2D eigenvalue weighted by atomic mass is 10.2. The number of pyridine rings is 1. The van der Waals surface area contributed by atoms with Crippen molar-refractivity contribution in [3.05, 3.63) is 80.8 Å². The molecule has 1 aromatic carbocycles. The zero-order valence-corrected chi connectivity index (χ0v) is 16.9. The van der Waals surface area contributed by atoms with Crippen LogP contribution in [0.3, 0.4) is 0 Å². The van der Waals surface area contributed by atoms with Crippen LogP contribution in [0, 0.1) is 0 Å². The summed E-state index contributed by atoms with van der Waals surface area (Å²) in [5.74, 6) is 0.428. The average Bonchev–Trinajstić information content (AvgIpc) is 2.75. The minimum absolute atomic E-state index is 0.222. The molecular formula is C21H22N4O5. The molecule has 0 aliphatic rings. The topological polar surface area (TPSA) is 104 Å². The van der Waals surface area contributed by atoms with E-state index in [1.807, 2.05) is 31.2 Å². The van der Waals surface area contributed by atoms with Crippen molar-refractivity contribution in [3.63, 3.8) is 0 Å². The predicted octanol–water partition coefficient (Wildman–Crippen LogP) is 1.98. The molecule has 0 saturated heterocycles. The van der Waals surface area contributed by atoms with Gasteiger partial charge in [-0.1, -0.05) is 0 Å². The van der Waals surface area contributed by atoms with Crippen LogP contribution in [0.2, 0.25) is 0 Å². The molecule has 9 heteroatoms. The molecule has 9 nitrogen and oxygen atoms in total. The number of nitrogens with zero attached hydrogens (tertiary/aromatic N) is 3. The molecule has 156 valence electrons. The summed E-state index contributed by atoms with van der Waals surface area (Å²) >= 11 is 0. The highest BCUT2D eigenvalue weighted by molar-refractivity contribution is 5.95. The van der Waals surface area contributed by atoms with Crippen LogP contribution >= 0.6 is 0 Å². The highest BCUT2D eigenvalue weighted by Gasteiger charge is 2.16. The third-order valence-corrected chi connectivity index (χ3v) is 4.43. The van der Waals surface area contributed by atoms with Gasteiger partial charge in [0.15, 0.2) is 0 Å². The molecule has 0 bridgehead atoms. The Kier molecular flexibility index (Phi) is 6.31. The number of hydrogen-bond donors (Lipinski definition) is 1. The van der Waals surface area contributed by atoms with E-state index in [0.717, 1.165) is 16.0 Å². The summed E-state index contributed by atoms with van der Waals surface area (Å²) in [5, 5.41) is 3.08. The third kappa shape index (κ3) is 4.57. The van der Waals surface area contributed by atoms with Gasteiger partial charge in [0.2, 0.25) is 0 Å². The van der Waals surface area contributed by atoms with E-state index in [1.165, 1.54) is 24.7 Å². The summed E-state index contributed by atoms with van der Waals surface area (Å²) in [5.41, 5.74) is 0.276. The second-order valence-electron chi connectivity index (χ2n) is 6.43. The van der Waals surface area contributed by atoms with Gasteiger partial charge in [-0.15, -0.1) is 0 Å². The van der Waals surface area contributed by atoms with Gasteiger partial charge in [0.25, 0.3) is 5.56 Å². The molecule has 0 aliphatic carbocycles. The summed E-state index contributed by atoms with van der Waals surface area (Å²) in [6.07, 6.45) is 1.55. The van der Waals surface area contributed by atoms with Crippen LogP contribution in [0.1, 0.15) is 23.0 Å². The molecule has 0 spiro atoms. The zero-order chi connectivity index (χ0) is 21.7. The van der Waals surface area contributed by atoms with Crippen molar-refractivity contribution in [2.24, 2.45) is 14.1 Å². The first kappa shape index (κ1) is 20.8. The SMILES string of the molecule is CCOc1ccc(Nc2ncccc2C(=O)OCc2cc(=O)n(C)c(=O)n2C)cc1. The molecule has 0 atom stereocenters. The Hall–Kier alpha value is -3.88. The minimum atomic E-state index is -0.635. The van der Waals surface area contributed by atoms with Crippen LogP contribution in [0.15, 0.2) is 58.3 Å². The maximum Gasteiger partial charge on any atom is 0.342 e. The third-order valence-electron chi connectivity index (χ3n) is 4.43. The van der Waals surface area contributed by atoms with Gasteiger partial charge in [-0.25, -0.2) is 14.6 Å². The minimum Gasteiger partial charge on any atom is -0.494 e. The van der Waals surface area contributed by atoms with Gasteiger partial charge in [0.05, 0.1) is 12.3 Å². The van der Waals surface area contributed by atoms with Crippen LogP contribution in [-0.4, -0.2) is 26.7 Å². The van der Waals surface area contributed by atoms with Gasteiger partial charge in [0, 0.05) is 32.0 Å². The average molecular weight is 410 g/mol. The van der Waals surface area contributed by atoms with E-state index in [9.17, 15) is 14.4 Å². The van der Waals surface area contributed by atoms with Crippen LogP contribution in [0.4, 0.5) is 11.5 Å². The van der Waals surface area contributed by atoms with E-state index >= 15 is 0 Å². The van der Waals surface area contributed by atoms with E-state index < -0.39 is 17.2 Å². The number of carbonyl (C=O) groups is 1. The maximum absolute atomic E-state index is 12.6. The van der Waals surface area contributed by atoms with E-state index in [-0.39, 0.29) is 12.2 Å². The fourth-order valence-electron chi connectivity index (χ4n) is 2.74. The summed E-state index contributed by atoms with van der Waals surface area (Å²) < 4.78 is 13.0. The largest absolute Gasteiger partial charge is 0.494 e. The van der Waals surface area contributed by atoms with E-state index in [0.29, 0.717) is 18.1 Å². The second kappa shape index (κ2) is 9.08. The van der Waals surface area contributed by atoms with Crippen molar-refractivity contribution >= 4 is 17.5 Å². The Labute approximate surface area is 172 Å². The standard InChI is InChI=1S/C21H22N4O5/c1-4-29-16-9-7-14(8-10-16)23-19-17(6-5-11-22-19)20(27)30-13-15-12-18(26)25(3)21(28)24(15)2/h5-12H,4,13H2,1-3H3,(H,22,23). The first-order valence-electron chi connectivity index (χ1n) is 9.28. The Bertz CT molecular complexity index is 1170. The number of aromatic nitrogens is 3. The molecule has 0 radical (unpaired) electrons. The van der Waals surface area contributed by atoms with Gasteiger partial charge in [-0.05, 0) is 43.3 Å². The molecule has 0 fully saturated rings. The number of anilines is 2. The number of nitrogens with one attached hydrogen (secondary N) is 1. The first-order valence-corrected chi connectivity index (χ1v) is 9.28. The van der Waals surface area contributed by atoms with Crippen molar-refractivity contribution in [2.75, 3.05) is 11.9 Å². The van der Waals surface area contributed by atoms with Gasteiger partial charge < -0.3 is 14.8 Å². The molecule has 3 rings (SSSR count). The van der Waals surface area contributed by atoms with E-state index in [4.69, 9.17) is 9.47 Å².